The van der Waals surface area contributed by atoms with Gasteiger partial charge in [-0.3, -0.25) is 9.59 Å². The largest absolute Gasteiger partial charge is 0.465 e. The van der Waals surface area contributed by atoms with Gasteiger partial charge in [0, 0.05) is 25.9 Å². The quantitative estimate of drug-likeness (QED) is 0.0454. The Labute approximate surface area is 345 Å². The lowest BCUT2D eigenvalue weighted by atomic mass is 9.96. The summed E-state index contributed by atoms with van der Waals surface area (Å²) in [6.45, 7) is 15.0. The fraction of sp³-hybridized carbons (Fsp3) is 0.959. The van der Waals surface area contributed by atoms with Crippen LogP contribution >= 0.6 is 0 Å². The number of carbonyl (C=O) groups excluding carboxylic acids is 2. The van der Waals surface area contributed by atoms with E-state index in [0.29, 0.717) is 37.9 Å². The number of ether oxygens (including phenoxy) is 2. The van der Waals surface area contributed by atoms with Crippen molar-refractivity contribution < 1.29 is 19.1 Å². The number of hydrogen-bond acceptors (Lipinski definition) is 6. The first kappa shape index (κ1) is 56.0. The van der Waals surface area contributed by atoms with E-state index in [2.05, 4.69) is 51.6 Å². The molecule has 2 unspecified atom stereocenters. The molecule has 0 N–H and O–H groups in total. The molecule has 2 atom stereocenters. The van der Waals surface area contributed by atoms with Crippen LogP contribution in [0.5, 0.6) is 0 Å². The molecule has 6 heteroatoms. The van der Waals surface area contributed by atoms with Crippen LogP contribution in [0, 0.1) is 11.8 Å². The zero-order chi connectivity index (χ0) is 39.7. The minimum absolute atomic E-state index is 0. The van der Waals surface area contributed by atoms with Crippen LogP contribution < -0.4 is 0 Å². The molecule has 0 aliphatic heterocycles. The lowest BCUT2D eigenvalue weighted by molar-refractivity contribution is -0.146. The molecule has 330 valence electrons. The van der Waals surface area contributed by atoms with Gasteiger partial charge in [0.15, 0.2) is 0 Å². The van der Waals surface area contributed by atoms with Crippen LogP contribution in [0.25, 0.3) is 0 Å². The van der Waals surface area contributed by atoms with Gasteiger partial charge in [-0.25, -0.2) is 0 Å². The number of unbranched alkanes of at least 4 members (excludes halogenated alkanes) is 20. The van der Waals surface area contributed by atoms with E-state index in [1.807, 2.05) is 0 Å². The van der Waals surface area contributed by atoms with E-state index in [1.165, 1.54) is 180 Å². The monoisotopic (exact) mass is 781 g/mol. The van der Waals surface area contributed by atoms with Gasteiger partial charge in [0.1, 0.15) is 0 Å². The predicted molar refractivity (Wildman–Crippen MR) is 241 cm³/mol. The molecule has 0 aromatic rings. The summed E-state index contributed by atoms with van der Waals surface area (Å²) in [7, 11) is 4.36. The highest BCUT2D eigenvalue weighted by atomic mass is 16.5. The zero-order valence-corrected chi connectivity index (χ0v) is 37.6. The van der Waals surface area contributed by atoms with Crippen molar-refractivity contribution in [3.63, 3.8) is 0 Å². The van der Waals surface area contributed by atoms with Crippen LogP contribution in [0.2, 0.25) is 0 Å². The van der Waals surface area contributed by atoms with E-state index >= 15 is 0 Å². The highest BCUT2D eigenvalue weighted by Gasteiger charge is 2.13. The fourth-order valence-corrected chi connectivity index (χ4v) is 7.55. The SMILES string of the molecule is C.CCCCCCC(CCCC)COC(=O)CCCCCCCCCN(CCCCCCCCCC(=O)OCC(CCCC)CCCCCC)CCN(C)C. The summed E-state index contributed by atoms with van der Waals surface area (Å²) in [5, 5.41) is 0. The molecule has 0 fully saturated rings. The molecule has 0 aliphatic rings. The molecule has 0 aromatic heterocycles. The summed E-state index contributed by atoms with van der Waals surface area (Å²) < 4.78 is 11.4. The maximum absolute atomic E-state index is 12.4. The van der Waals surface area contributed by atoms with E-state index in [-0.39, 0.29) is 19.4 Å². The van der Waals surface area contributed by atoms with E-state index in [4.69, 9.17) is 9.47 Å². The van der Waals surface area contributed by atoms with Gasteiger partial charge in [0.25, 0.3) is 0 Å². The van der Waals surface area contributed by atoms with Crippen molar-refractivity contribution in [2.45, 2.75) is 241 Å². The minimum atomic E-state index is 0. The standard InChI is InChI=1S/C48H96N2O4.CH4/c1-7-11-15-27-35-45(33-13-9-3)43-53-47(51)37-29-23-19-17-21-25-31-39-50(42-41-49(5)6)40-32-26-22-18-20-24-30-38-48(52)54-44-46(34-14-10-4)36-28-16-12-8-2;/h45-46H,7-44H2,1-6H3;1H4. The third-order valence-corrected chi connectivity index (χ3v) is 11.4. The number of rotatable bonds is 43. The second-order valence-electron chi connectivity index (χ2n) is 17.2. The summed E-state index contributed by atoms with van der Waals surface area (Å²) >= 11 is 0. The third-order valence-electron chi connectivity index (χ3n) is 11.4. The van der Waals surface area contributed by atoms with Crippen LogP contribution in [0.1, 0.15) is 241 Å². The number of carbonyl (C=O) groups is 2. The molecule has 0 radical (unpaired) electrons. The summed E-state index contributed by atoms with van der Waals surface area (Å²) in [5.41, 5.74) is 0. The molecule has 0 aliphatic carbocycles. The van der Waals surface area contributed by atoms with Crippen LogP contribution in [0.3, 0.4) is 0 Å². The van der Waals surface area contributed by atoms with Crippen molar-refractivity contribution in [1.82, 2.24) is 9.80 Å². The summed E-state index contributed by atoms with van der Waals surface area (Å²) in [6, 6.07) is 0. The summed E-state index contributed by atoms with van der Waals surface area (Å²) in [6.07, 6.45) is 38.4. The average Bonchev–Trinajstić information content (AvgIpc) is 3.16. The Bertz CT molecular complexity index is 733. The van der Waals surface area contributed by atoms with Gasteiger partial charge in [-0.1, -0.05) is 176 Å². The Morgan fingerprint density at radius 1 is 0.400 bits per heavy atom. The number of hydrogen-bond donors (Lipinski definition) is 0. The third kappa shape index (κ3) is 40.8. The van der Waals surface area contributed by atoms with Crippen molar-refractivity contribution in [3.05, 3.63) is 0 Å². The highest BCUT2D eigenvalue weighted by Crippen LogP contribution is 2.20. The molecular formula is C49H100N2O4. The zero-order valence-electron chi connectivity index (χ0n) is 37.6. The van der Waals surface area contributed by atoms with E-state index in [1.54, 1.807) is 0 Å². The minimum Gasteiger partial charge on any atom is -0.465 e. The van der Waals surface area contributed by atoms with Crippen molar-refractivity contribution in [2.24, 2.45) is 11.8 Å². The molecule has 0 spiro atoms. The Balaban J connectivity index is 0. The summed E-state index contributed by atoms with van der Waals surface area (Å²) in [4.78, 5) is 29.7. The number of likely N-dealkylation sites (N-methyl/N-ethyl adjacent to an activating group) is 1. The Hall–Kier alpha value is -1.14. The molecule has 55 heavy (non-hydrogen) atoms. The smallest absolute Gasteiger partial charge is 0.305 e. The molecule has 6 nitrogen and oxygen atoms in total. The molecular weight excluding hydrogens is 681 g/mol. The summed E-state index contributed by atoms with van der Waals surface area (Å²) in [5.74, 6) is 1.15. The Morgan fingerprint density at radius 3 is 1.09 bits per heavy atom. The van der Waals surface area contributed by atoms with Gasteiger partial charge in [-0.05, 0) is 90.4 Å². The molecule has 0 bridgehead atoms. The van der Waals surface area contributed by atoms with Gasteiger partial charge in [0.2, 0.25) is 0 Å². The molecule has 0 saturated heterocycles. The maximum atomic E-state index is 12.4. The van der Waals surface area contributed by atoms with E-state index in [0.717, 1.165) is 38.8 Å². The van der Waals surface area contributed by atoms with Crippen molar-refractivity contribution >= 4 is 11.9 Å². The van der Waals surface area contributed by atoms with Gasteiger partial charge in [-0.15, -0.1) is 0 Å². The van der Waals surface area contributed by atoms with Crippen LogP contribution in [-0.4, -0.2) is 75.2 Å². The predicted octanol–water partition coefficient (Wildman–Crippen LogP) is 14.4. The van der Waals surface area contributed by atoms with Gasteiger partial charge in [0.05, 0.1) is 13.2 Å². The van der Waals surface area contributed by atoms with Gasteiger partial charge >= 0.3 is 11.9 Å². The first-order valence-electron chi connectivity index (χ1n) is 24.0. The van der Waals surface area contributed by atoms with E-state index < -0.39 is 0 Å². The molecule has 0 saturated carbocycles. The molecule has 0 aromatic carbocycles. The topological polar surface area (TPSA) is 59.1 Å². The fourth-order valence-electron chi connectivity index (χ4n) is 7.55. The van der Waals surface area contributed by atoms with Crippen LogP contribution in [-0.2, 0) is 19.1 Å². The molecule has 0 heterocycles. The second kappa shape index (κ2) is 44.0. The number of esters is 2. The number of nitrogens with zero attached hydrogens (tertiary/aromatic N) is 2. The van der Waals surface area contributed by atoms with Crippen LogP contribution in [0.15, 0.2) is 0 Å². The van der Waals surface area contributed by atoms with Crippen LogP contribution in [0.4, 0.5) is 0 Å². The Morgan fingerprint density at radius 2 is 0.727 bits per heavy atom. The van der Waals surface area contributed by atoms with Gasteiger partial charge in [-0.2, -0.15) is 0 Å². The highest BCUT2D eigenvalue weighted by molar-refractivity contribution is 5.69. The van der Waals surface area contributed by atoms with Crippen molar-refractivity contribution in [1.29, 1.82) is 0 Å². The second-order valence-corrected chi connectivity index (χ2v) is 17.2. The lowest BCUT2D eigenvalue weighted by Gasteiger charge is -2.24. The normalized spacial score (nSPS) is 12.6. The Kier molecular flexibility index (Phi) is 44.7. The van der Waals surface area contributed by atoms with Gasteiger partial charge < -0.3 is 19.3 Å². The lowest BCUT2D eigenvalue weighted by Crippen LogP contribution is -2.33. The van der Waals surface area contributed by atoms with Crippen molar-refractivity contribution in [2.75, 3.05) is 53.5 Å². The average molecular weight is 781 g/mol. The molecule has 0 amide bonds. The van der Waals surface area contributed by atoms with E-state index in [9.17, 15) is 9.59 Å². The first-order valence-corrected chi connectivity index (χ1v) is 24.0. The van der Waals surface area contributed by atoms with Crippen molar-refractivity contribution in [3.8, 4) is 0 Å². The maximum Gasteiger partial charge on any atom is 0.305 e. The first-order chi connectivity index (χ1) is 26.4. The molecule has 0 rings (SSSR count).